The molecule has 0 spiro atoms. The first-order chi connectivity index (χ1) is 10.2. The van der Waals surface area contributed by atoms with E-state index in [1.54, 1.807) is 7.11 Å². The van der Waals surface area contributed by atoms with Gasteiger partial charge in [0, 0.05) is 13.1 Å². The fourth-order valence-electron chi connectivity index (χ4n) is 2.28. The molecule has 4 nitrogen and oxygen atoms in total. The van der Waals surface area contributed by atoms with Gasteiger partial charge in [0.05, 0.1) is 19.9 Å². The fraction of sp³-hybridized carbons (Fsp3) is 0.588. The molecule has 0 unspecified atom stereocenters. The summed E-state index contributed by atoms with van der Waals surface area (Å²) in [4.78, 5) is 0. The average molecular weight is 290 g/mol. The normalized spacial score (nSPS) is 15.7. The monoisotopic (exact) mass is 290 g/mol. The van der Waals surface area contributed by atoms with E-state index in [1.165, 1.54) is 19.3 Å². The molecule has 2 rings (SSSR count). The van der Waals surface area contributed by atoms with Crippen molar-refractivity contribution >= 4 is 6.21 Å². The van der Waals surface area contributed by atoms with Crippen LogP contribution >= 0.6 is 0 Å². The zero-order valence-electron chi connectivity index (χ0n) is 13.3. The summed E-state index contributed by atoms with van der Waals surface area (Å²) in [6.07, 6.45) is 5.71. The van der Waals surface area contributed by atoms with Crippen molar-refractivity contribution in [3.05, 3.63) is 23.8 Å². The molecule has 1 fully saturated rings. The van der Waals surface area contributed by atoms with Gasteiger partial charge in [-0.15, -0.1) is 0 Å². The molecule has 1 heterocycles. The summed E-state index contributed by atoms with van der Waals surface area (Å²) >= 11 is 0. The van der Waals surface area contributed by atoms with Gasteiger partial charge >= 0.3 is 0 Å². The molecule has 1 aromatic rings. The van der Waals surface area contributed by atoms with Gasteiger partial charge in [-0.1, -0.05) is 13.8 Å². The largest absolute Gasteiger partial charge is 0.493 e. The van der Waals surface area contributed by atoms with Crippen LogP contribution in [0.1, 0.15) is 38.7 Å². The van der Waals surface area contributed by atoms with Crippen LogP contribution in [0, 0.1) is 5.92 Å². The van der Waals surface area contributed by atoms with Crippen LogP contribution in [-0.2, 0) is 0 Å². The smallest absolute Gasteiger partial charge is 0.161 e. The Kier molecular flexibility index (Phi) is 5.90. The molecule has 0 aromatic heterocycles. The van der Waals surface area contributed by atoms with Gasteiger partial charge in [0.15, 0.2) is 11.5 Å². The van der Waals surface area contributed by atoms with Crippen molar-refractivity contribution in [2.45, 2.75) is 33.1 Å². The number of nitrogens with zero attached hydrogens (tertiary/aromatic N) is 2. The van der Waals surface area contributed by atoms with Gasteiger partial charge < -0.3 is 9.47 Å². The van der Waals surface area contributed by atoms with Gasteiger partial charge in [0.2, 0.25) is 0 Å². The molecule has 1 aliphatic rings. The number of piperidine rings is 1. The van der Waals surface area contributed by atoms with Crippen LogP contribution in [0.3, 0.4) is 0 Å². The van der Waals surface area contributed by atoms with Crippen molar-refractivity contribution in [3.8, 4) is 11.5 Å². The second-order valence-electron chi connectivity index (χ2n) is 5.87. The highest BCUT2D eigenvalue weighted by Gasteiger charge is 2.08. The molecule has 0 radical (unpaired) electrons. The summed E-state index contributed by atoms with van der Waals surface area (Å²) in [5.41, 5.74) is 1.04. The third-order valence-corrected chi connectivity index (χ3v) is 3.46. The van der Waals surface area contributed by atoms with E-state index in [9.17, 15) is 0 Å². The van der Waals surface area contributed by atoms with E-state index in [-0.39, 0.29) is 0 Å². The Balaban J connectivity index is 2.05. The van der Waals surface area contributed by atoms with E-state index < -0.39 is 0 Å². The second-order valence-corrected chi connectivity index (χ2v) is 5.87. The summed E-state index contributed by atoms with van der Waals surface area (Å²) in [6, 6.07) is 5.94. The molecule has 0 amide bonds. The Morgan fingerprint density at radius 1 is 1.19 bits per heavy atom. The summed E-state index contributed by atoms with van der Waals surface area (Å²) < 4.78 is 11.2. The quantitative estimate of drug-likeness (QED) is 0.751. The maximum absolute atomic E-state index is 5.82. The van der Waals surface area contributed by atoms with E-state index in [0.29, 0.717) is 12.5 Å². The maximum atomic E-state index is 5.82. The molecule has 4 heteroatoms. The SMILES string of the molecule is COc1ccc(/C=N/N2CCCCC2)cc1OCC(C)C. The third-order valence-electron chi connectivity index (χ3n) is 3.46. The Morgan fingerprint density at radius 3 is 2.62 bits per heavy atom. The molecule has 0 saturated carbocycles. The van der Waals surface area contributed by atoms with Gasteiger partial charge in [-0.05, 0) is 48.9 Å². The number of methoxy groups -OCH3 is 1. The molecule has 21 heavy (non-hydrogen) atoms. The Hall–Kier alpha value is -1.71. The van der Waals surface area contributed by atoms with E-state index in [1.807, 2.05) is 24.4 Å². The minimum Gasteiger partial charge on any atom is -0.493 e. The number of hydrogen-bond donors (Lipinski definition) is 0. The lowest BCUT2D eigenvalue weighted by Crippen LogP contribution is -2.24. The molecule has 1 aliphatic heterocycles. The highest BCUT2D eigenvalue weighted by atomic mass is 16.5. The molecule has 0 bridgehead atoms. The predicted molar refractivity (Wildman–Crippen MR) is 86.3 cm³/mol. The zero-order valence-corrected chi connectivity index (χ0v) is 13.3. The van der Waals surface area contributed by atoms with Crippen LogP contribution in [0.5, 0.6) is 11.5 Å². The van der Waals surface area contributed by atoms with E-state index >= 15 is 0 Å². The lowest BCUT2D eigenvalue weighted by atomic mass is 10.2. The van der Waals surface area contributed by atoms with Crippen molar-refractivity contribution in [1.82, 2.24) is 5.01 Å². The Labute approximate surface area is 127 Å². The lowest BCUT2D eigenvalue weighted by molar-refractivity contribution is 0.240. The highest BCUT2D eigenvalue weighted by Crippen LogP contribution is 2.28. The molecular formula is C17H26N2O2. The third kappa shape index (κ3) is 4.96. The lowest BCUT2D eigenvalue weighted by Gasteiger charge is -2.23. The molecule has 0 aliphatic carbocycles. The molecule has 0 atom stereocenters. The van der Waals surface area contributed by atoms with Crippen LogP contribution < -0.4 is 9.47 Å². The number of rotatable bonds is 6. The summed E-state index contributed by atoms with van der Waals surface area (Å²) in [7, 11) is 1.67. The van der Waals surface area contributed by atoms with Crippen LogP contribution in [0.25, 0.3) is 0 Å². The molecular weight excluding hydrogens is 264 g/mol. The Morgan fingerprint density at radius 2 is 1.95 bits per heavy atom. The summed E-state index contributed by atoms with van der Waals surface area (Å²) in [5.74, 6) is 2.04. The molecule has 0 N–H and O–H groups in total. The number of benzene rings is 1. The van der Waals surface area contributed by atoms with Gasteiger partial charge in [-0.2, -0.15) is 5.10 Å². The fourth-order valence-corrected chi connectivity index (χ4v) is 2.28. The Bertz CT molecular complexity index is 466. The first kappa shape index (κ1) is 15.7. The summed E-state index contributed by atoms with van der Waals surface area (Å²) in [5, 5.41) is 6.70. The number of hydrazone groups is 1. The molecule has 1 aromatic carbocycles. The van der Waals surface area contributed by atoms with Gasteiger partial charge in [-0.25, -0.2) is 0 Å². The topological polar surface area (TPSA) is 34.1 Å². The minimum absolute atomic E-state index is 0.486. The van der Waals surface area contributed by atoms with Gasteiger partial charge in [0.25, 0.3) is 0 Å². The number of hydrogen-bond acceptors (Lipinski definition) is 4. The minimum atomic E-state index is 0.486. The first-order valence-corrected chi connectivity index (χ1v) is 7.79. The molecule has 116 valence electrons. The van der Waals surface area contributed by atoms with E-state index in [0.717, 1.165) is 30.2 Å². The van der Waals surface area contributed by atoms with E-state index in [4.69, 9.17) is 9.47 Å². The van der Waals surface area contributed by atoms with Crippen LogP contribution in [0.2, 0.25) is 0 Å². The van der Waals surface area contributed by atoms with Crippen LogP contribution in [0.4, 0.5) is 0 Å². The average Bonchev–Trinajstić information content (AvgIpc) is 2.52. The standard InChI is InChI=1S/C17H26N2O2/c1-14(2)13-21-17-11-15(7-8-16(17)20-3)12-18-19-9-5-4-6-10-19/h7-8,11-12,14H,4-6,9-10,13H2,1-3H3/b18-12+. The number of ether oxygens (including phenoxy) is 2. The van der Waals surface area contributed by atoms with Crippen molar-refractivity contribution < 1.29 is 9.47 Å². The molecule has 1 saturated heterocycles. The zero-order chi connectivity index (χ0) is 15.1. The van der Waals surface area contributed by atoms with Gasteiger partial charge in [-0.3, -0.25) is 5.01 Å². The van der Waals surface area contributed by atoms with Crippen molar-refractivity contribution in [2.24, 2.45) is 11.0 Å². The van der Waals surface area contributed by atoms with Crippen LogP contribution in [-0.4, -0.2) is 38.0 Å². The van der Waals surface area contributed by atoms with Gasteiger partial charge in [0.1, 0.15) is 0 Å². The van der Waals surface area contributed by atoms with Crippen molar-refractivity contribution in [2.75, 3.05) is 26.8 Å². The van der Waals surface area contributed by atoms with Crippen LogP contribution in [0.15, 0.2) is 23.3 Å². The second kappa shape index (κ2) is 7.91. The highest BCUT2D eigenvalue weighted by molar-refractivity contribution is 5.80. The van der Waals surface area contributed by atoms with Crippen molar-refractivity contribution in [3.63, 3.8) is 0 Å². The predicted octanol–water partition coefficient (Wildman–Crippen LogP) is 3.55. The van der Waals surface area contributed by atoms with E-state index in [2.05, 4.69) is 24.0 Å². The maximum Gasteiger partial charge on any atom is 0.161 e. The van der Waals surface area contributed by atoms with Crippen molar-refractivity contribution in [1.29, 1.82) is 0 Å². The first-order valence-electron chi connectivity index (χ1n) is 7.79. The summed E-state index contributed by atoms with van der Waals surface area (Å²) in [6.45, 7) is 7.07.